The molecule has 3 nitrogen and oxygen atoms in total. The van der Waals surface area contributed by atoms with Gasteiger partial charge in [0, 0.05) is 11.4 Å². The van der Waals surface area contributed by atoms with Crippen molar-refractivity contribution in [1.82, 2.24) is 10.3 Å². The van der Waals surface area contributed by atoms with E-state index in [2.05, 4.69) is 10.3 Å². The summed E-state index contributed by atoms with van der Waals surface area (Å²) in [5.74, 6) is -0.0527. The Morgan fingerprint density at radius 2 is 2.23 bits per heavy atom. The molecule has 0 unspecified atom stereocenters. The first-order valence-corrected chi connectivity index (χ1v) is 5.19. The second-order valence-corrected chi connectivity index (χ2v) is 4.12. The fraction of sp³-hybridized carbons (Fsp3) is 0.556. The summed E-state index contributed by atoms with van der Waals surface area (Å²) in [5, 5.41) is 3.37. The van der Waals surface area contributed by atoms with Crippen LogP contribution in [0.1, 0.15) is 33.7 Å². The van der Waals surface area contributed by atoms with Gasteiger partial charge in [0.15, 0.2) is 5.01 Å². The first-order chi connectivity index (χ1) is 6.15. The van der Waals surface area contributed by atoms with Gasteiger partial charge in [-0.25, -0.2) is 4.98 Å². The highest BCUT2D eigenvalue weighted by Crippen LogP contribution is 2.15. The minimum absolute atomic E-state index is 0.0527. The van der Waals surface area contributed by atoms with Gasteiger partial charge in [0.2, 0.25) is 0 Å². The number of aryl methyl sites for hydroxylation is 2. The lowest BCUT2D eigenvalue weighted by molar-refractivity contribution is 0.0953. The number of amides is 1. The van der Waals surface area contributed by atoms with Crippen LogP contribution in [-0.2, 0) is 0 Å². The molecular weight excluding hydrogens is 184 g/mol. The minimum Gasteiger partial charge on any atom is -0.350 e. The average molecular weight is 198 g/mol. The number of thiazole rings is 1. The van der Waals surface area contributed by atoms with Gasteiger partial charge in [0.1, 0.15) is 0 Å². The predicted octanol–water partition coefficient (Wildman–Crippen LogP) is 1.90. The molecule has 1 rings (SSSR count). The van der Waals surface area contributed by atoms with Gasteiger partial charge in [-0.05, 0) is 20.3 Å². The van der Waals surface area contributed by atoms with E-state index in [0.717, 1.165) is 23.5 Å². The van der Waals surface area contributed by atoms with Crippen LogP contribution in [0, 0.1) is 13.8 Å². The van der Waals surface area contributed by atoms with Crippen molar-refractivity contribution < 1.29 is 4.79 Å². The van der Waals surface area contributed by atoms with Gasteiger partial charge < -0.3 is 5.32 Å². The summed E-state index contributed by atoms with van der Waals surface area (Å²) >= 11 is 1.45. The van der Waals surface area contributed by atoms with Crippen molar-refractivity contribution in [2.24, 2.45) is 0 Å². The van der Waals surface area contributed by atoms with Crippen molar-refractivity contribution in [3.63, 3.8) is 0 Å². The van der Waals surface area contributed by atoms with E-state index in [9.17, 15) is 4.79 Å². The van der Waals surface area contributed by atoms with E-state index in [-0.39, 0.29) is 5.91 Å². The van der Waals surface area contributed by atoms with E-state index < -0.39 is 0 Å². The van der Waals surface area contributed by atoms with Crippen LogP contribution in [-0.4, -0.2) is 17.4 Å². The van der Waals surface area contributed by atoms with Gasteiger partial charge in [0.25, 0.3) is 5.91 Å². The molecule has 1 aromatic heterocycles. The van der Waals surface area contributed by atoms with Gasteiger partial charge in [-0.3, -0.25) is 4.79 Å². The van der Waals surface area contributed by atoms with Gasteiger partial charge in [0.05, 0.1) is 5.69 Å². The Kier molecular flexibility index (Phi) is 3.42. The number of hydrogen-bond donors (Lipinski definition) is 1. The molecule has 0 aromatic carbocycles. The van der Waals surface area contributed by atoms with Crippen molar-refractivity contribution in [3.05, 3.63) is 15.6 Å². The molecule has 0 saturated carbocycles. The number of nitrogens with one attached hydrogen (secondary N) is 1. The van der Waals surface area contributed by atoms with Crippen LogP contribution in [0.2, 0.25) is 0 Å². The van der Waals surface area contributed by atoms with Crippen LogP contribution in [0.15, 0.2) is 0 Å². The number of hydrogen-bond acceptors (Lipinski definition) is 3. The summed E-state index contributed by atoms with van der Waals surface area (Å²) < 4.78 is 0. The minimum atomic E-state index is -0.0527. The van der Waals surface area contributed by atoms with E-state index in [1.54, 1.807) is 0 Å². The Hall–Kier alpha value is -0.900. The highest BCUT2D eigenvalue weighted by molar-refractivity contribution is 7.13. The zero-order valence-corrected chi connectivity index (χ0v) is 8.99. The van der Waals surface area contributed by atoms with E-state index >= 15 is 0 Å². The third-order valence-electron chi connectivity index (χ3n) is 1.76. The summed E-state index contributed by atoms with van der Waals surface area (Å²) in [6, 6.07) is 0. The lowest BCUT2D eigenvalue weighted by Crippen LogP contribution is -2.23. The van der Waals surface area contributed by atoms with Crippen LogP contribution in [0.25, 0.3) is 0 Å². The van der Waals surface area contributed by atoms with Gasteiger partial charge in [-0.2, -0.15) is 0 Å². The number of nitrogens with zero attached hydrogens (tertiary/aromatic N) is 1. The third-order valence-corrected chi connectivity index (χ3v) is 2.83. The van der Waals surface area contributed by atoms with Crippen LogP contribution in [0.4, 0.5) is 0 Å². The molecule has 13 heavy (non-hydrogen) atoms. The van der Waals surface area contributed by atoms with Crippen LogP contribution < -0.4 is 5.32 Å². The Balaban J connectivity index is 2.66. The fourth-order valence-corrected chi connectivity index (χ4v) is 1.71. The highest BCUT2D eigenvalue weighted by atomic mass is 32.1. The molecule has 0 spiro atoms. The second kappa shape index (κ2) is 4.37. The third kappa shape index (κ3) is 2.52. The van der Waals surface area contributed by atoms with Crippen molar-refractivity contribution in [3.8, 4) is 0 Å². The van der Waals surface area contributed by atoms with Crippen molar-refractivity contribution >= 4 is 17.2 Å². The average Bonchev–Trinajstić information content (AvgIpc) is 2.43. The molecule has 0 aliphatic rings. The van der Waals surface area contributed by atoms with Crippen molar-refractivity contribution in [1.29, 1.82) is 0 Å². The summed E-state index contributed by atoms with van der Waals surface area (Å²) in [4.78, 5) is 16.7. The molecule has 1 heterocycles. The lowest BCUT2D eigenvalue weighted by atomic mass is 10.4. The molecule has 0 saturated heterocycles. The Labute approximate surface area is 82.2 Å². The zero-order valence-electron chi connectivity index (χ0n) is 8.18. The van der Waals surface area contributed by atoms with Crippen LogP contribution in [0.3, 0.4) is 0 Å². The van der Waals surface area contributed by atoms with Crippen LogP contribution in [0.5, 0.6) is 0 Å². The molecule has 0 radical (unpaired) electrons. The zero-order chi connectivity index (χ0) is 9.84. The Morgan fingerprint density at radius 1 is 1.54 bits per heavy atom. The summed E-state index contributed by atoms with van der Waals surface area (Å²) in [7, 11) is 0. The largest absolute Gasteiger partial charge is 0.350 e. The molecule has 72 valence electrons. The van der Waals surface area contributed by atoms with E-state index in [0.29, 0.717) is 5.01 Å². The van der Waals surface area contributed by atoms with Gasteiger partial charge >= 0.3 is 0 Å². The maximum absolute atomic E-state index is 11.4. The first-order valence-electron chi connectivity index (χ1n) is 4.37. The SMILES string of the molecule is CCCNC(=O)c1nc(C)c(C)s1. The molecule has 0 aliphatic carbocycles. The molecule has 0 atom stereocenters. The molecular formula is C9H14N2OS. The van der Waals surface area contributed by atoms with Gasteiger partial charge in [-0.15, -0.1) is 11.3 Å². The summed E-state index contributed by atoms with van der Waals surface area (Å²) in [6.45, 7) is 6.64. The highest BCUT2D eigenvalue weighted by Gasteiger charge is 2.10. The van der Waals surface area contributed by atoms with Crippen LogP contribution >= 0.6 is 11.3 Å². The molecule has 4 heteroatoms. The molecule has 0 bridgehead atoms. The van der Waals surface area contributed by atoms with E-state index in [1.807, 2.05) is 20.8 Å². The molecule has 1 amide bonds. The lowest BCUT2D eigenvalue weighted by Gasteiger charge is -1.97. The number of rotatable bonds is 3. The predicted molar refractivity (Wildman–Crippen MR) is 54.2 cm³/mol. The standard InChI is InChI=1S/C9H14N2OS/c1-4-5-10-8(12)9-11-6(2)7(3)13-9/h4-5H2,1-3H3,(H,10,12). The van der Waals surface area contributed by atoms with Gasteiger partial charge in [-0.1, -0.05) is 6.92 Å². The maximum Gasteiger partial charge on any atom is 0.280 e. The smallest absolute Gasteiger partial charge is 0.280 e. The molecule has 0 aliphatic heterocycles. The molecule has 0 fully saturated rings. The van der Waals surface area contributed by atoms with E-state index in [4.69, 9.17) is 0 Å². The normalized spacial score (nSPS) is 10.1. The second-order valence-electron chi connectivity index (χ2n) is 2.92. The fourth-order valence-electron chi connectivity index (χ4n) is 0.884. The topological polar surface area (TPSA) is 42.0 Å². The first kappa shape index (κ1) is 10.2. The van der Waals surface area contributed by atoms with Crippen molar-refractivity contribution in [2.75, 3.05) is 6.54 Å². The number of carbonyl (C=O) groups is 1. The summed E-state index contributed by atoms with van der Waals surface area (Å²) in [5.41, 5.74) is 0.951. The number of carbonyl (C=O) groups excluding carboxylic acids is 1. The molecule has 1 N–H and O–H groups in total. The quantitative estimate of drug-likeness (QED) is 0.806. The monoisotopic (exact) mass is 198 g/mol. The summed E-state index contributed by atoms with van der Waals surface area (Å²) in [6.07, 6.45) is 0.953. The van der Waals surface area contributed by atoms with Crippen molar-refractivity contribution in [2.45, 2.75) is 27.2 Å². The Bertz CT molecular complexity index is 287. The Morgan fingerprint density at radius 3 is 2.69 bits per heavy atom. The molecule has 1 aromatic rings. The van der Waals surface area contributed by atoms with E-state index in [1.165, 1.54) is 11.3 Å². The number of aromatic nitrogens is 1. The maximum atomic E-state index is 11.4.